The molecule has 5 rings (SSSR count). The van der Waals surface area contributed by atoms with Gasteiger partial charge in [0.05, 0.1) is 23.1 Å². The van der Waals surface area contributed by atoms with E-state index in [-0.39, 0.29) is 5.82 Å². The molecule has 0 saturated heterocycles. The van der Waals surface area contributed by atoms with Gasteiger partial charge >= 0.3 is 0 Å². The number of fused-ring (bicyclic) bond motifs is 1. The highest BCUT2D eigenvalue weighted by molar-refractivity contribution is 5.86. The van der Waals surface area contributed by atoms with Gasteiger partial charge in [0.2, 0.25) is 0 Å². The molecule has 3 aromatic heterocycles. The molecular formula is C24H24FN5. The summed E-state index contributed by atoms with van der Waals surface area (Å²) in [7, 11) is 4.21. The number of nitrogens with zero attached hydrogens (tertiary/aromatic N) is 5. The molecular weight excluding hydrogens is 377 g/mol. The molecule has 4 aromatic rings. The summed E-state index contributed by atoms with van der Waals surface area (Å²) in [6.45, 7) is 1.11. The molecule has 1 aliphatic rings. The molecule has 6 heteroatoms. The van der Waals surface area contributed by atoms with Crippen LogP contribution in [0.5, 0.6) is 0 Å². The molecule has 0 N–H and O–H groups in total. The molecule has 0 amide bonds. The van der Waals surface area contributed by atoms with E-state index in [4.69, 9.17) is 0 Å². The highest BCUT2D eigenvalue weighted by Gasteiger charge is 2.31. The Balaban J connectivity index is 1.44. The molecule has 0 radical (unpaired) electrons. The van der Waals surface area contributed by atoms with Crippen LogP contribution in [0, 0.1) is 11.7 Å². The third-order valence-electron chi connectivity index (χ3n) is 5.82. The number of pyridine rings is 2. The van der Waals surface area contributed by atoms with E-state index in [1.807, 2.05) is 53.3 Å². The van der Waals surface area contributed by atoms with Crippen LogP contribution in [0.2, 0.25) is 0 Å². The standard InChI is InChI=1S/C24H24FN5/c1-29(2)15-16-13-18(14-16)30-12-10-20(28-30)19-8-6-17-7-9-22(27-24(17)23(19)25)21-5-3-4-11-26-21/h3-12,16,18H,13-15H2,1-2H3. The minimum atomic E-state index is -0.338. The Kier molecular flexibility index (Phi) is 4.79. The third-order valence-corrected chi connectivity index (χ3v) is 5.82. The van der Waals surface area contributed by atoms with Crippen LogP contribution < -0.4 is 0 Å². The normalized spacial score (nSPS) is 18.7. The van der Waals surface area contributed by atoms with Crippen molar-refractivity contribution in [3.8, 4) is 22.6 Å². The highest BCUT2D eigenvalue weighted by atomic mass is 19.1. The number of halogens is 1. The lowest BCUT2D eigenvalue weighted by Gasteiger charge is -2.36. The van der Waals surface area contributed by atoms with Crippen molar-refractivity contribution < 1.29 is 4.39 Å². The molecule has 1 fully saturated rings. The molecule has 0 spiro atoms. The summed E-state index contributed by atoms with van der Waals surface area (Å²) in [5.41, 5.74) is 2.86. The summed E-state index contributed by atoms with van der Waals surface area (Å²) in [5.74, 6) is 0.374. The summed E-state index contributed by atoms with van der Waals surface area (Å²) in [6, 6.07) is 15.4. The average Bonchev–Trinajstić information content (AvgIpc) is 3.20. The molecule has 3 heterocycles. The van der Waals surface area contributed by atoms with Crippen molar-refractivity contribution >= 4 is 10.9 Å². The van der Waals surface area contributed by atoms with Crippen LogP contribution in [0.3, 0.4) is 0 Å². The number of rotatable bonds is 5. The number of hydrogen-bond donors (Lipinski definition) is 0. The van der Waals surface area contributed by atoms with Gasteiger partial charge < -0.3 is 4.90 Å². The van der Waals surface area contributed by atoms with E-state index < -0.39 is 0 Å². The fourth-order valence-corrected chi connectivity index (χ4v) is 4.28. The second-order valence-corrected chi connectivity index (χ2v) is 8.34. The first kappa shape index (κ1) is 18.9. The first-order chi connectivity index (χ1) is 14.6. The number of benzene rings is 1. The quantitative estimate of drug-likeness (QED) is 0.481. The predicted molar refractivity (Wildman–Crippen MR) is 116 cm³/mol. The summed E-state index contributed by atoms with van der Waals surface area (Å²) in [5, 5.41) is 5.45. The predicted octanol–water partition coefficient (Wildman–Crippen LogP) is 4.81. The van der Waals surface area contributed by atoms with E-state index in [0.717, 1.165) is 30.5 Å². The molecule has 0 atom stereocenters. The molecule has 1 aromatic carbocycles. The van der Waals surface area contributed by atoms with E-state index in [9.17, 15) is 0 Å². The van der Waals surface area contributed by atoms with Gasteiger partial charge in [0.15, 0.2) is 5.82 Å². The minimum absolute atomic E-state index is 0.338. The lowest BCUT2D eigenvalue weighted by atomic mass is 9.80. The summed E-state index contributed by atoms with van der Waals surface area (Å²) in [4.78, 5) is 11.1. The zero-order valence-electron chi connectivity index (χ0n) is 17.2. The van der Waals surface area contributed by atoms with Gasteiger partial charge in [0.1, 0.15) is 5.52 Å². The first-order valence-corrected chi connectivity index (χ1v) is 10.3. The van der Waals surface area contributed by atoms with Crippen molar-refractivity contribution in [3.05, 3.63) is 66.7 Å². The fraction of sp³-hybridized carbons (Fsp3) is 0.292. The summed E-state index contributed by atoms with van der Waals surface area (Å²) < 4.78 is 17.4. The zero-order valence-corrected chi connectivity index (χ0v) is 17.2. The van der Waals surface area contributed by atoms with Crippen LogP contribution in [0.4, 0.5) is 4.39 Å². The van der Waals surface area contributed by atoms with Gasteiger partial charge in [-0.25, -0.2) is 9.37 Å². The molecule has 1 saturated carbocycles. The maximum atomic E-state index is 15.4. The van der Waals surface area contributed by atoms with Crippen LogP contribution in [-0.4, -0.2) is 45.3 Å². The van der Waals surface area contributed by atoms with Crippen molar-refractivity contribution in [1.29, 1.82) is 0 Å². The Morgan fingerprint density at radius 2 is 1.83 bits per heavy atom. The van der Waals surface area contributed by atoms with Crippen LogP contribution >= 0.6 is 0 Å². The Hall–Kier alpha value is -3.12. The maximum absolute atomic E-state index is 15.4. The van der Waals surface area contributed by atoms with E-state index in [1.54, 1.807) is 12.3 Å². The smallest absolute Gasteiger partial charge is 0.158 e. The summed E-state index contributed by atoms with van der Waals surface area (Å²) >= 11 is 0. The van der Waals surface area contributed by atoms with E-state index >= 15 is 4.39 Å². The molecule has 0 unspecified atom stereocenters. The van der Waals surface area contributed by atoms with Gasteiger partial charge in [-0.1, -0.05) is 18.2 Å². The van der Waals surface area contributed by atoms with Crippen molar-refractivity contribution in [3.63, 3.8) is 0 Å². The van der Waals surface area contributed by atoms with Gasteiger partial charge in [0.25, 0.3) is 0 Å². The topological polar surface area (TPSA) is 46.8 Å². The van der Waals surface area contributed by atoms with E-state index in [0.29, 0.717) is 34.4 Å². The zero-order chi connectivity index (χ0) is 20.7. The van der Waals surface area contributed by atoms with E-state index in [1.165, 1.54) is 0 Å². The Morgan fingerprint density at radius 3 is 2.60 bits per heavy atom. The largest absolute Gasteiger partial charge is 0.309 e. The highest BCUT2D eigenvalue weighted by Crippen LogP contribution is 2.38. The SMILES string of the molecule is CN(C)CC1CC(n2ccc(-c3ccc4ccc(-c5ccccn5)nc4c3F)n2)C1. The van der Waals surface area contributed by atoms with Crippen LogP contribution in [-0.2, 0) is 0 Å². The van der Waals surface area contributed by atoms with Gasteiger partial charge in [-0.15, -0.1) is 0 Å². The Bertz CT molecular complexity index is 1180. The monoisotopic (exact) mass is 401 g/mol. The second-order valence-electron chi connectivity index (χ2n) is 8.34. The van der Waals surface area contributed by atoms with Gasteiger partial charge in [-0.05, 0) is 63.2 Å². The van der Waals surface area contributed by atoms with Crippen molar-refractivity contribution in [1.82, 2.24) is 24.6 Å². The molecule has 1 aliphatic carbocycles. The number of aromatic nitrogens is 4. The maximum Gasteiger partial charge on any atom is 0.158 e. The minimum Gasteiger partial charge on any atom is -0.309 e. The molecule has 152 valence electrons. The Morgan fingerprint density at radius 1 is 1.00 bits per heavy atom. The van der Waals surface area contributed by atoms with E-state index in [2.05, 4.69) is 34.1 Å². The number of hydrogen-bond acceptors (Lipinski definition) is 4. The molecule has 0 bridgehead atoms. The van der Waals surface area contributed by atoms with Crippen molar-refractivity contribution in [2.75, 3.05) is 20.6 Å². The molecule has 30 heavy (non-hydrogen) atoms. The lowest BCUT2D eigenvalue weighted by molar-refractivity contribution is 0.146. The van der Waals surface area contributed by atoms with Crippen molar-refractivity contribution in [2.24, 2.45) is 5.92 Å². The molecule has 5 nitrogen and oxygen atoms in total. The van der Waals surface area contributed by atoms with Crippen molar-refractivity contribution in [2.45, 2.75) is 18.9 Å². The van der Waals surface area contributed by atoms with Gasteiger partial charge in [-0.3, -0.25) is 9.67 Å². The summed E-state index contributed by atoms with van der Waals surface area (Å²) in [6.07, 6.45) is 5.92. The first-order valence-electron chi connectivity index (χ1n) is 10.3. The third kappa shape index (κ3) is 3.48. The Labute approximate surface area is 175 Å². The van der Waals surface area contributed by atoms with Gasteiger partial charge in [0, 0.05) is 29.9 Å². The lowest BCUT2D eigenvalue weighted by Crippen LogP contribution is -2.34. The second kappa shape index (κ2) is 7.61. The van der Waals surface area contributed by atoms with Crippen LogP contribution in [0.15, 0.2) is 60.9 Å². The van der Waals surface area contributed by atoms with Crippen LogP contribution in [0.25, 0.3) is 33.5 Å². The molecule has 0 aliphatic heterocycles. The average molecular weight is 401 g/mol. The van der Waals surface area contributed by atoms with Gasteiger partial charge in [-0.2, -0.15) is 5.10 Å². The van der Waals surface area contributed by atoms with Crippen LogP contribution in [0.1, 0.15) is 18.9 Å². The fourth-order valence-electron chi connectivity index (χ4n) is 4.28.